The number of rotatable bonds is 2. The summed E-state index contributed by atoms with van der Waals surface area (Å²) in [5.74, 6) is -1.24. The molecule has 0 unspecified atom stereocenters. The second kappa shape index (κ2) is 6.01. The monoisotopic (exact) mass is 403 g/mol. The molecule has 1 N–H and O–H groups in total. The highest BCUT2D eigenvalue weighted by atomic mass is 79.9. The van der Waals surface area contributed by atoms with Crippen LogP contribution in [0.25, 0.3) is 0 Å². The fourth-order valence-corrected chi connectivity index (χ4v) is 2.52. The van der Waals surface area contributed by atoms with Gasteiger partial charge in [0.1, 0.15) is 11.6 Å². The van der Waals surface area contributed by atoms with Gasteiger partial charge in [-0.15, -0.1) is 0 Å². The molecule has 1 amide bonds. The number of amides is 1. The summed E-state index contributed by atoms with van der Waals surface area (Å²) in [6.45, 7) is 1.69. The maximum absolute atomic E-state index is 13.3. The molecule has 0 fully saturated rings. The Morgan fingerprint density at radius 1 is 1.10 bits per heavy atom. The van der Waals surface area contributed by atoms with Crippen molar-refractivity contribution in [2.45, 2.75) is 6.92 Å². The lowest BCUT2D eigenvalue weighted by Crippen LogP contribution is -2.13. The third kappa shape index (κ3) is 3.24. The summed E-state index contributed by atoms with van der Waals surface area (Å²) in [5.41, 5.74) is 1.38. The first-order valence-corrected chi connectivity index (χ1v) is 7.19. The van der Waals surface area contributed by atoms with E-state index in [0.717, 1.165) is 0 Å². The number of hydrogen-bond donors (Lipinski definition) is 1. The molecular formula is C14H9Br2F2NO. The molecule has 2 nitrogen and oxygen atoms in total. The van der Waals surface area contributed by atoms with Gasteiger partial charge in [0.15, 0.2) is 0 Å². The van der Waals surface area contributed by atoms with Crippen molar-refractivity contribution in [3.8, 4) is 0 Å². The number of carbonyl (C=O) groups excluding carboxylic acids is 1. The van der Waals surface area contributed by atoms with Gasteiger partial charge in [0.25, 0.3) is 5.91 Å². The van der Waals surface area contributed by atoms with Crippen LogP contribution in [0.5, 0.6) is 0 Å². The third-order valence-corrected chi connectivity index (χ3v) is 3.96. The Morgan fingerprint density at radius 3 is 2.45 bits per heavy atom. The average molecular weight is 405 g/mol. The van der Waals surface area contributed by atoms with Gasteiger partial charge in [-0.2, -0.15) is 0 Å². The van der Waals surface area contributed by atoms with E-state index in [2.05, 4.69) is 37.2 Å². The summed E-state index contributed by atoms with van der Waals surface area (Å²) in [7, 11) is 0. The molecule has 0 spiro atoms. The fraction of sp³-hybridized carbons (Fsp3) is 0.0714. The van der Waals surface area contributed by atoms with Crippen LogP contribution in [0.2, 0.25) is 0 Å². The van der Waals surface area contributed by atoms with E-state index in [4.69, 9.17) is 0 Å². The van der Waals surface area contributed by atoms with Crippen molar-refractivity contribution >= 4 is 43.5 Å². The van der Waals surface area contributed by atoms with Crippen LogP contribution in [0.3, 0.4) is 0 Å². The van der Waals surface area contributed by atoms with E-state index >= 15 is 0 Å². The molecule has 0 aliphatic carbocycles. The fourth-order valence-electron chi connectivity index (χ4n) is 1.64. The lowest BCUT2D eigenvalue weighted by molar-refractivity contribution is 0.102. The van der Waals surface area contributed by atoms with Gasteiger partial charge in [-0.1, -0.05) is 0 Å². The molecule has 0 radical (unpaired) electrons. The number of anilines is 1. The zero-order valence-corrected chi connectivity index (χ0v) is 13.5. The van der Waals surface area contributed by atoms with E-state index in [9.17, 15) is 13.6 Å². The molecule has 0 bridgehead atoms. The largest absolute Gasteiger partial charge is 0.322 e. The van der Waals surface area contributed by atoms with Gasteiger partial charge in [-0.3, -0.25) is 4.79 Å². The standard InChI is InChI=1S/C14H9Br2F2NO/c1-7-4-12(18)11(16)6-13(7)19-14(20)9-3-2-8(17)5-10(9)15/h2-6H,1H3,(H,19,20). The number of hydrogen-bond acceptors (Lipinski definition) is 1. The molecule has 0 saturated heterocycles. The summed E-state index contributed by atoms with van der Waals surface area (Å²) in [4.78, 5) is 12.1. The van der Waals surface area contributed by atoms with E-state index < -0.39 is 17.5 Å². The van der Waals surface area contributed by atoms with E-state index in [0.29, 0.717) is 21.3 Å². The Bertz CT molecular complexity index is 689. The first kappa shape index (κ1) is 15.1. The highest BCUT2D eigenvalue weighted by molar-refractivity contribution is 9.10. The molecule has 2 aromatic rings. The van der Waals surface area contributed by atoms with Crippen LogP contribution in [-0.4, -0.2) is 5.91 Å². The van der Waals surface area contributed by atoms with Crippen molar-refractivity contribution < 1.29 is 13.6 Å². The number of carbonyl (C=O) groups is 1. The lowest BCUT2D eigenvalue weighted by atomic mass is 10.1. The van der Waals surface area contributed by atoms with Crippen LogP contribution >= 0.6 is 31.9 Å². The first-order valence-electron chi connectivity index (χ1n) is 5.60. The molecule has 0 saturated carbocycles. The van der Waals surface area contributed by atoms with E-state index in [1.165, 1.54) is 30.3 Å². The maximum atomic E-state index is 13.3. The molecule has 0 atom stereocenters. The minimum absolute atomic E-state index is 0.261. The summed E-state index contributed by atoms with van der Waals surface area (Å²) in [6, 6.07) is 6.59. The van der Waals surface area contributed by atoms with Gasteiger partial charge in [-0.25, -0.2) is 8.78 Å². The van der Waals surface area contributed by atoms with Gasteiger partial charge in [-0.05, 0) is 74.7 Å². The maximum Gasteiger partial charge on any atom is 0.256 e. The third-order valence-electron chi connectivity index (χ3n) is 2.69. The molecular weight excluding hydrogens is 396 g/mol. The van der Waals surface area contributed by atoms with Gasteiger partial charge in [0, 0.05) is 10.2 Å². The summed E-state index contributed by atoms with van der Waals surface area (Å²) in [5, 5.41) is 2.67. The number of nitrogens with one attached hydrogen (secondary N) is 1. The van der Waals surface area contributed by atoms with Crippen molar-refractivity contribution in [3.05, 3.63) is 62.0 Å². The van der Waals surface area contributed by atoms with Gasteiger partial charge < -0.3 is 5.32 Å². The summed E-state index contributed by atoms with van der Waals surface area (Å²) >= 11 is 6.20. The second-order valence-electron chi connectivity index (χ2n) is 4.16. The summed E-state index contributed by atoms with van der Waals surface area (Å²) < 4.78 is 26.9. The zero-order chi connectivity index (χ0) is 14.9. The minimum atomic E-state index is -0.436. The lowest BCUT2D eigenvalue weighted by Gasteiger charge is -2.10. The average Bonchev–Trinajstić information content (AvgIpc) is 2.35. The Kier molecular flexibility index (Phi) is 4.55. The van der Waals surface area contributed by atoms with Crippen LogP contribution in [0.4, 0.5) is 14.5 Å². The number of benzene rings is 2. The molecule has 6 heteroatoms. The molecule has 104 valence electrons. The zero-order valence-electron chi connectivity index (χ0n) is 10.3. The minimum Gasteiger partial charge on any atom is -0.322 e. The van der Waals surface area contributed by atoms with Crippen LogP contribution in [-0.2, 0) is 0 Å². The quantitative estimate of drug-likeness (QED) is 0.745. The van der Waals surface area contributed by atoms with Crippen molar-refractivity contribution in [2.75, 3.05) is 5.32 Å². The Labute approximate surface area is 131 Å². The van der Waals surface area contributed by atoms with Crippen molar-refractivity contribution in [3.63, 3.8) is 0 Å². The van der Waals surface area contributed by atoms with Crippen LogP contribution in [0.1, 0.15) is 15.9 Å². The highest BCUT2D eigenvalue weighted by Gasteiger charge is 2.13. The SMILES string of the molecule is Cc1cc(F)c(Br)cc1NC(=O)c1ccc(F)cc1Br. The molecule has 20 heavy (non-hydrogen) atoms. The highest BCUT2D eigenvalue weighted by Crippen LogP contribution is 2.26. The smallest absolute Gasteiger partial charge is 0.256 e. The number of halogens is 4. The molecule has 2 rings (SSSR count). The van der Waals surface area contributed by atoms with Crippen molar-refractivity contribution in [2.24, 2.45) is 0 Å². The summed E-state index contributed by atoms with van der Waals surface area (Å²) in [6.07, 6.45) is 0. The topological polar surface area (TPSA) is 29.1 Å². The number of aryl methyl sites for hydroxylation is 1. The van der Waals surface area contributed by atoms with Gasteiger partial charge >= 0.3 is 0 Å². The predicted octanol–water partition coefficient (Wildman–Crippen LogP) is 5.05. The van der Waals surface area contributed by atoms with Crippen molar-refractivity contribution in [1.82, 2.24) is 0 Å². The van der Waals surface area contributed by atoms with Crippen LogP contribution in [0, 0.1) is 18.6 Å². The van der Waals surface area contributed by atoms with E-state index in [1.807, 2.05) is 0 Å². The van der Waals surface area contributed by atoms with Crippen LogP contribution in [0.15, 0.2) is 39.3 Å². The Balaban J connectivity index is 2.30. The van der Waals surface area contributed by atoms with Gasteiger partial charge in [0.2, 0.25) is 0 Å². The molecule has 0 aliphatic rings. The Hall–Kier alpha value is -1.27. The van der Waals surface area contributed by atoms with E-state index in [-0.39, 0.29) is 4.47 Å². The second-order valence-corrected chi connectivity index (χ2v) is 5.87. The molecule has 0 aliphatic heterocycles. The first-order chi connectivity index (χ1) is 9.38. The van der Waals surface area contributed by atoms with Crippen molar-refractivity contribution in [1.29, 1.82) is 0 Å². The molecule has 0 aromatic heterocycles. The Morgan fingerprint density at radius 2 is 1.80 bits per heavy atom. The molecule has 2 aromatic carbocycles. The van der Waals surface area contributed by atoms with Gasteiger partial charge in [0.05, 0.1) is 10.0 Å². The van der Waals surface area contributed by atoms with Crippen LogP contribution < -0.4 is 5.32 Å². The predicted molar refractivity (Wildman–Crippen MR) is 80.9 cm³/mol. The molecule has 0 heterocycles. The normalized spacial score (nSPS) is 10.4. The van der Waals surface area contributed by atoms with E-state index in [1.54, 1.807) is 6.92 Å².